The summed E-state index contributed by atoms with van der Waals surface area (Å²) >= 11 is 0. The van der Waals surface area contributed by atoms with Gasteiger partial charge in [-0.15, -0.1) is 0 Å². The highest BCUT2D eigenvalue weighted by Crippen LogP contribution is 2.29. The number of rotatable bonds is 3. The van der Waals surface area contributed by atoms with Gasteiger partial charge in [0.05, 0.1) is 6.10 Å². The second kappa shape index (κ2) is 5.14. The average molecular weight is 247 g/mol. The van der Waals surface area contributed by atoms with Crippen LogP contribution in [0.2, 0.25) is 0 Å². The van der Waals surface area contributed by atoms with E-state index < -0.39 is 11.9 Å². The number of nitrogens with zero attached hydrogens (tertiary/aromatic N) is 1. The van der Waals surface area contributed by atoms with Gasteiger partial charge in [-0.3, -0.25) is 0 Å². The first kappa shape index (κ1) is 12.5. The number of aromatic nitrogens is 1. The molecule has 0 spiro atoms. The van der Waals surface area contributed by atoms with Crippen molar-refractivity contribution in [1.29, 1.82) is 0 Å². The minimum absolute atomic E-state index is 0.107. The van der Waals surface area contributed by atoms with Crippen molar-refractivity contribution in [2.45, 2.75) is 20.0 Å². The van der Waals surface area contributed by atoms with Gasteiger partial charge in [-0.1, -0.05) is 6.07 Å². The zero-order chi connectivity index (χ0) is 13.1. The fourth-order valence-electron chi connectivity index (χ4n) is 1.60. The first-order valence-electron chi connectivity index (χ1n) is 5.65. The van der Waals surface area contributed by atoms with Crippen LogP contribution in [0.4, 0.5) is 4.39 Å². The van der Waals surface area contributed by atoms with E-state index in [1.165, 1.54) is 12.3 Å². The summed E-state index contributed by atoms with van der Waals surface area (Å²) in [4.78, 5) is 4.02. The van der Waals surface area contributed by atoms with Gasteiger partial charge in [-0.05, 0) is 43.7 Å². The molecule has 1 N–H and O–H groups in total. The Kier molecular flexibility index (Phi) is 3.58. The van der Waals surface area contributed by atoms with Gasteiger partial charge in [0.1, 0.15) is 0 Å². The van der Waals surface area contributed by atoms with E-state index in [2.05, 4.69) is 4.98 Å². The maximum atomic E-state index is 13.6. The predicted molar refractivity (Wildman–Crippen MR) is 66.1 cm³/mol. The van der Waals surface area contributed by atoms with Crippen LogP contribution in [0.15, 0.2) is 36.5 Å². The molecule has 1 aromatic heterocycles. The van der Waals surface area contributed by atoms with Crippen LogP contribution in [-0.2, 0) is 0 Å². The summed E-state index contributed by atoms with van der Waals surface area (Å²) in [6.45, 7) is 3.46. The molecule has 4 heteroatoms. The van der Waals surface area contributed by atoms with E-state index in [9.17, 15) is 9.50 Å². The van der Waals surface area contributed by atoms with Crippen LogP contribution in [0.5, 0.6) is 11.6 Å². The first-order valence-corrected chi connectivity index (χ1v) is 5.65. The van der Waals surface area contributed by atoms with Gasteiger partial charge < -0.3 is 9.84 Å². The molecule has 0 amide bonds. The van der Waals surface area contributed by atoms with E-state index in [0.717, 1.165) is 5.56 Å². The normalized spacial score (nSPS) is 12.2. The quantitative estimate of drug-likeness (QED) is 0.904. The van der Waals surface area contributed by atoms with Gasteiger partial charge >= 0.3 is 0 Å². The number of aliphatic hydroxyl groups is 1. The molecule has 94 valence electrons. The Labute approximate surface area is 105 Å². The summed E-state index contributed by atoms with van der Waals surface area (Å²) in [5, 5.41) is 9.59. The fourth-order valence-corrected chi connectivity index (χ4v) is 1.60. The fraction of sp³-hybridized carbons (Fsp3) is 0.214. The number of aliphatic hydroxyl groups excluding tert-OH is 1. The molecule has 0 radical (unpaired) electrons. The van der Waals surface area contributed by atoms with Crippen LogP contribution in [-0.4, -0.2) is 10.1 Å². The summed E-state index contributed by atoms with van der Waals surface area (Å²) in [5.74, 6) is -0.129. The molecule has 0 aliphatic heterocycles. The lowest BCUT2D eigenvalue weighted by atomic mass is 10.2. The van der Waals surface area contributed by atoms with Crippen LogP contribution in [0, 0.1) is 12.7 Å². The number of benzene rings is 1. The van der Waals surface area contributed by atoms with E-state index >= 15 is 0 Å². The topological polar surface area (TPSA) is 42.4 Å². The molecule has 1 unspecified atom stereocenters. The highest BCUT2D eigenvalue weighted by Gasteiger charge is 2.12. The van der Waals surface area contributed by atoms with Gasteiger partial charge in [0.25, 0.3) is 0 Å². The van der Waals surface area contributed by atoms with Gasteiger partial charge in [0.2, 0.25) is 5.88 Å². The number of aryl methyl sites for hydroxylation is 1. The van der Waals surface area contributed by atoms with Crippen LogP contribution in [0.25, 0.3) is 0 Å². The molecule has 2 rings (SSSR count). The summed E-state index contributed by atoms with van der Waals surface area (Å²) in [6.07, 6.45) is 0.816. The summed E-state index contributed by atoms with van der Waals surface area (Å²) in [6, 6.07) is 7.99. The number of hydrogen-bond acceptors (Lipinski definition) is 3. The van der Waals surface area contributed by atoms with Crippen molar-refractivity contribution in [3.8, 4) is 11.6 Å². The zero-order valence-corrected chi connectivity index (χ0v) is 10.2. The molecule has 0 saturated heterocycles. The second-order valence-electron chi connectivity index (χ2n) is 4.11. The molecular formula is C14H14FNO2. The highest BCUT2D eigenvalue weighted by atomic mass is 19.1. The third-order valence-electron chi connectivity index (χ3n) is 2.54. The third kappa shape index (κ3) is 2.65. The van der Waals surface area contributed by atoms with Crippen LogP contribution >= 0.6 is 0 Å². The Balaban J connectivity index is 2.37. The molecule has 1 atom stereocenters. The Morgan fingerprint density at radius 2 is 2.11 bits per heavy atom. The van der Waals surface area contributed by atoms with Crippen molar-refractivity contribution in [3.05, 3.63) is 53.5 Å². The third-order valence-corrected chi connectivity index (χ3v) is 2.54. The van der Waals surface area contributed by atoms with Crippen molar-refractivity contribution < 1.29 is 14.2 Å². The van der Waals surface area contributed by atoms with Gasteiger partial charge in [-0.2, -0.15) is 0 Å². The standard InChI is InChI=1S/C14H14FNO2/c1-9-5-6-12(15)13(8-9)18-14-11(10(2)17)4-3-7-16-14/h3-8,10,17H,1-2H3. The number of pyridine rings is 1. The van der Waals surface area contributed by atoms with Gasteiger partial charge in [0, 0.05) is 11.8 Å². The smallest absolute Gasteiger partial charge is 0.225 e. The van der Waals surface area contributed by atoms with Crippen molar-refractivity contribution in [1.82, 2.24) is 4.98 Å². The maximum absolute atomic E-state index is 13.6. The Bertz CT molecular complexity index is 555. The lowest BCUT2D eigenvalue weighted by Crippen LogP contribution is -1.99. The van der Waals surface area contributed by atoms with E-state index in [-0.39, 0.29) is 11.6 Å². The minimum atomic E-state index is -0.721. The predicted octanol–water partition coefficient (Wildman–Crippen LogP) is 3.37. The average Bonchev–Trinajstić information content (AvgIpc) is 2.34. The molecule has 0 bridgehead atoms. The molecule has 0 fully saturated rings. The summed E-state index contributed by atoms with van der Waals surface area (Å²) in [5.41, 5.74) is 1.42. The minimum Gasteiger partial charge on any atom is -0.436 e. The SMILES string of the molecule is Cc1ccc(F)c(Oc2ncccc2C(C)O)c1. The van der Waals surface area contributed by atoms with Crippen molar-refractivity contribution in [3.63, 3.8) is 0 Å². The Morgan fingerprint density at radius 3 is 2.83 bits per heavy atom. The van der Waals surface area contributed by atoms with Gasteiger partial charge in [-0.25, -0.2) is 9.37 Å². The summed E-state index contributed by atoms with van der Waals surface area (Å²) < 4.78 is 19.0. The lowest BCUT2D eigenvalue weighted by molar-refractivity contribution is 0.194. The second-order valence-corrected chi connectivity index (χ2v) is 4.11. The van der Waals surface area contributed by atoms with E-state index in [1.54, 1.807) is 31.2 Å². The lowest BCUT2D eigenvalue weighted by Gasteiger charge is -2.12. The number of hydrogen-bond donors (Lipinski definition) is 1. The van der Waals surface area contributed by atoms with Crippen LogP contribution in [0.1, 0.15) is 24.2 Å². The largest absolute Gasteiger partial charge is 0.436 e. The summed E-state index contributed by atoms with van der Waals surface area (Å²) in [7, 11) is 0. The molecule has 2 aromatic rings. The molecule has 18 heavy (non-hydrogen) atoms. The van der Waals surface area contributed by atoms with Crippen LogP contribution < -0.4 is 4.74 Å². The van der Waals surface area contributed by atoms with Gasteiger partial charge in [0.15, 0.2) is 11.6 Å². The highest BCUT2D eigenvalue weighted by molar-refractivity contribution is 5.36. The van der Waals surface area contributed by atoms with Crippen molar-refractivity contribution in [2.24, 2.45) is 0 Å². The molecule has 3 nitrogen and oxygen atoms in total. The van der Waals surface area contributed by atoms with E-state index in [1.807, 2.05) is 6.92 Å². The molecular weight excluding hydrogens is 233 g/mol. The molecule has 0 saturated carbocycles. The molecule has 1 aromatic carbocycles. The Hall–Kier alpha value is -1.94. The number of halogens is 1. The first-order chi connectivity index (χ1) is 8.58. The Morgan fingerprint density at radius 1 is 1.33 bits per heavy atom. The van der Waals surface area contributed by atoms with E-state index in [4.69, 9.17) is 4.74 Å². The zero-order valence-electron chi connectivity index (χ0n) is 10.2. The monoisotopic (exact) mass is 247 g/mol. The molecule has 0 aliphatic carbocycles. The number of ether oxygens (including phenoxy) is 1. The van der Waals surface area contributed by atoms with E-state index in [0.29, 0.717) is 5.56 Å². The molecule has 0 aliphatic rings. The molecule has 1 heterocycles. The van der Waals surface area contributed by atoms with Crippen molar-refractivity contribution >= 4 is 0 Å². The maximum Gasteiger partial charge on any atom is 0.225 e. The van der Waals surface area contributed by atoms with Crippen LogP contribution in [0.3, 0.4) is 0 Å². The van der Waals surface area contributed by atoms with Crippen molar-refractivity contribution in [2.75, 3.05) is 0 Å².